The summed E-state index contributed by atoms with van der Waals surface area (Å²) in [6, 6.07) is 0. The molecule has 1 unspecified atom stereocenters. The summed E-state index contributed by atoms with van der Waals surface area (Å²) in [4.78, 5) is 27.9. The average Bonchev–Trinajstić information content (AvgIpc) is 2.60. The van der Waals surface area contributed by atoms with E-state index in [9.17, 15) is 9.59 Å². The highest BCUT2D eigenvalue weighted by Gasteiger charge is 2.40. The van der Waals surface area contributed by atoms with Gasteiger partial charge in [0.25, 0.3) is 5.91 Å². The van der Waals surface area contributed by atoms with Gasteiger partial charge >= 0.3 is 5.97 Å². The van der Waals surface area contributed by atoms with E-state index in [1.54, 1.807) is 14.0 Å². The highest BCUT2D eigenvalue weighted by molar-refractivity contribution is 5.86. The summed E-state index contributed by atoms with van der Waals surface area (Å²) in [5.41, 5.74) is 12.9. The van der Waals surface area contributed by atoms with Gasteiger partial charge in [0.2, 0.25) is 0 Å². The van der Waals surface area contributed by atoms with Crippen molar-refractivity contribution in [2.75, 3.05) is 13.6 Å². The van der Waals surface area contributed by atoms with Crippen molar-refractivity contribution in [3.8, 4) is 11.5 Å². The van der Waals surface area contributed by atoms with Gasteiger partial charge in [-0.15, -0.1) is 0 Å². The Morgan fingerprint density at radius 1 is 1.23 bits per heavy atom. The lowest BCUT2D eigenvalue weighted by Gasteiger charge is -2.36. The van der Waals surface area contributed by atoms with Gasteiger partial charge in [0.05, 0.1) is 0 Å². The number of ether oxygens (including phenoxy) is 2. The smallest absolute Gasteiger partial charge is 0.333 e. The van der Waals surface area contributed by atoms with Gasteiger partial charge in [-0.3, -0.25) is 4.79 Å². The second-order valence-electron chi connectivity index (χ2n) is 6.64. The van der Waals surface area contributed by atoms with Crippen LogP contribution in [-0.4, -0.2) is 37.0 Å². The molecule has 1 aromatic carbocycles. The Morgan fingerprint density at radius 2 is 1.88 bits per heavy atom. The van der Waals surface area contributed by atoms with E-state index < -0.39 is 11.6 Å². The van der Waals surface area contributed by atoms with Crippen molar-refractivity contribution in [3.63, 3.8) is 0 Å². The zero-order valence-corrected chi connectivity index (χ0v) is 15.9. The van der Waals surface area contributed by atoms with Crippen LogP contribution < -0.4 is 26.3 Å². The maximum Gasteiger partial charge on any atom is 0.333 e. The standard InChI is InChI=1S/C18H26N4O4/c1-9-10(2)15-12(6-7-18(4,26-15)16(24)21-5)11(3)14(9)25-13(23)8-22-17(19)20/h6-8H2,1-5H3,(H,21,24)(H4,19,20,22). The maximum absolute atomic E-state index is 12.2. The normalized spacial score (nSPS) is 18.3. The van der Waals surface area contributed by atoms with E-state index >= 15 is 0 Å². The van der Waals surface area contributed by atoms with Crippen molar-refractivity contribution in [2.45, 2.75) is 46.1 Å². The third-order valence-electron chi connectivity index (χ3n) is 4.80. The summed E-state index contributed by atoms with van der Waals surface area (Å²) in [5.74, 6) is 0.297. The van der Waals surface area contributed by atoms with E-state index in [0.29, 0.717) is 24.3 Å². The summed E-state index contributed by atoms with van der Waals surface area (Å²) in [7, 11) is 1.59. The third-order valence-corrected chi connectivity index (χ3v) is 4.80. The van der Waals surface area contributed by atoms with Gasteiger partial charge in [-0.25, -0.2) is 9.79 Å². The van der Waals surface area contributed by atoms with Crippen LogP contribution in [0.3, 0.4) is 0 Å². The predicted molar refractivity (Wildman–Crippen MR) is 98.4 cm³/mol. The minimum absolute atomic E-state index is 0.161. The Balaban J connectivity index is 2.40. The minimum atomic E-state index is -0.920. The summed E-state index contributed by atoms with van der Waals surface area (Å²) in [6.07, 6.45) is 1.18. The number of hydrogen-bond acceptors (Lipinski definition) is 5. The second kappa shape index (κ2) is 7.23. The van der Waals surface area contributed by atoms with E-state index in [4.69, 9.17) is 20.9 Å². The zero-order valence-electron chi connectivity index (χ0n) is 15.9. The first kappa shape index (κ1) is 19.6. The summed E-state index contributed by atoms with van der Waals surface area (Å²) in [6.45, 7) is 7.14. The number of nitrogens with one attached hydrogen (secondary N) is 1. The fourth-order valence-electron chi connectivity index (χ4n) is 3.11. The van der Waals surface area contributed by atoms with E-state index in [2.05, 4.69) is 10.3 Å². The molecule has 0 aliphatic carbocycles. The zero-order chi connectivity index (χ0) is 19.6. The molecule has 142 valence electrons. The minimum Gasteiger partial charge on any atom is -0.477 e. The van der Waals surface area contributed by atoms with Crippen LogP contribution in [-0.2, 0) is 16.0 Å². The Hall–Kier alpha value is -2.77. The number of hydrogen-bond donors (Lipinski definition) is 3. The molecule has 0 radical (unpaired) electrons. The van der Waals surface area contributed by atoms with Crippen LogP contribution in [0.1, 0.15) is 35.6 Å². The molecule has 8 heteroatoms. The van der Waals surface area contributed by atoms with Crippen molar-refractivity contribution < 1.29 is 19.1 Å². The van der Waals surface area contributed by atoms with Crippen LogP contribution in [0, 0.1) is 20.8 Å². The van der Waals surface area contributed by atoms with Crippen molar-refractivity contribution in [2.24, 2.45) is 16.5 Å². The largest absolute Gasteiger partial charge is 0.477 e. The molecule has 26 heavy (non-hydrogen) atoms. The van der Waals surface area contributed by atoms with E-state index in [-0.39, 0.29) is 18.4 Å². The number of likely N-dealkylation sites (N-methyl/N-ethyl adjacent to an activating group) is 1. The van der Waals surface area contributed by atoms with E-state index in [0.717, 1.165) is 22.3 Å². The molecule has 0 saturated carbocycles. The number of nitrogens with zero attached hydrogens (tertiary/aromatic N) is 1. The first-order chi connectivity index (χ1) is 12.1. The van der Waals surface area contributed by atoms with Gasteiger partial charge in [-0.05, 0) is 50.8 Å². The molecule has 1 aliphatic rings. The van der Waals surface area contributed by atoms with Gasteiger partial charge in [0.1, 0.15) is 18.0 Å². The molecule has 8 nitrogen and oxygen atoms in total. The fraction of sp³-hybridized carbons (Fsp3) is 0.500. The number of carbonyl (C=O) groups excluding carboxylic acids is 2. The number of aliphatic imine (C=N–C) groups is 1. The number of fused-ring (bicyclic) bond motifs is 1. The van der Waals surface area contributed by atoms with Crippen molar-refractivity contribution in [1.29, 1.82) is 0 Å². The monoisotopic (exact) mass is 362 g/mol. The lowest BCUT2D eigenvalue weighted by atomic mass is 9.86. The van der Waals surface area contributed by atoms with Gasteiger partial charge in [-0.2, -0.15) is 0 Å². The molecule has 0 fully saturated rings. The van der Waals surface area contributed by atoms with Crippen LogP contribution in [0.5, 0.6) is 11.5 Å². The molecular formula is C18H26N4O4. The molecule has 2 rings (SSSR count). The van der Waals surface area contributed by atoms with Crippen LogP contribution in [0.15, 0.2) is 4.99 Å². The number of nitrogens with two attached hydrogens (primary N) is 2. The quantitative estimate of drug-likeness (QED) is 0.312. The summed E-state index contributed by atoms with van der Waals surface area (Å²) in [5, 5.41) is 2.65. The molecule has 0 saturated heterocycles. The molecule has 1 amide bonds. The Bertz CT molecular complexity index is 784. The molecule has 1 heterocycles. The number of carbonyl (C=O) groups is 2. The van der Waals surface area contributed by atoms with Gasteiger partial charge in [-0.1, -0.05) is 0 Å². The van der Waals surface area contributed by atoms with Crippen LogP contribution in [0.2, 0.25) is 0 Å². The van der Waals surface area contributed by atoms with Crippen molar-refractivity contribution in [1.82, 2.24) is 5.32 Å². The van der Waals surface area contributed by atoms with Crippen LogP contribution in [0.4, 0.5) is 0 Å². The SMILES string of the molecule is CNC(=O)C1(C)CCc2c(C)c(OC(=O)CN=C(N)N)c(C)c(C)c2O1. The third kappa shape index (κ3) is 3.58. The number of benzene rings is 1. The molecule has 0 bridgehead atoms. The van der Waals surface area contributed by atoms with Crippen LogP contribution >= 0.6 is 0 Å². The van der Waals surface area contributed by atoms with Crippen molar-refractivity contribution >= 4 is 17.8 Å². The van der Waals surface area contributed by atoms with E-state index in [1.165, 1.54) is 0 Å². The molecule has 5 N–H and O–H groups in total. The number of esters is 1. The van der Waals surface area contributed by atoms with Crippen LogP contribution in [0.25, 0.3) is 0 Å². The molecular weight excluding hydrogens is 336 g/mol. The second-order valence-corrected chi connectivity index (χ2v) is 6.64. The molecule has 1 aromatic rings. The van der Waals surface area contributed by atoms with E-state index in [1.807, 2.05) is 20.8 Å². The fourth-order valence-corrected chi connectivity index (χ4v) is 3.11. The Morgan fingerprint density at radius 3 is 2.46 bits per heavy atom. The number of rotatable bonds is 4. The topological polar surface area (TPSA) is 129 Å². The maximum atomic E-state index is 12.2. The molecule has 0 spiro atoms. The first-order valence-corrected chi connectivity index (χ1v) is 8.40. The van der Waals surface area contributed by atoms with Crippen molar-refractivity contribution in [3.05, 3.63) is 22.3 Å². The highest BCUT2D eigenvalue weighted by Crippen LogP contribution is 2.43. The number of amides is 1. The Labute approximate surface area is 152 Å². The lowest BCUT2D eigenvalue weighted by Crippen LogP contribution is -2.50. The molecule has 1 aliphatic heterocycles. The highest BCUT2D eigenvalue weighted by atomic mass is 16.5. The molecule has 1 atom stereocenters. The average molecular weight is 362 g/mol. The van der Waals surface area contributed by atoms with Gasteiger partial charge < -0.3 is 26.3 Å². The number of guanidine groups is 1. The van der Waals surface area contributed by atoms with Gasteiger partial charge in [0.15, 0.2) is 11.6 Å². The Kier molecular flexibility index (Phi) is 5.44. The first-order valence-electron chi connectivity index (χ1n) is 8.40. The summed E-state index contributed by atoms with van der Waals surface area (Å²) >= 11 is 0. The molecule has 0 aromatic heterocycles. The predicted octanol–water partition coefficient (Wildman–Crippen LogP) is 0.620. The lowest BCUT2D eigenvalue weighted by molar-refractivity contribution is -0.136. The van der Waals surface area contributed by atoms with Gasteiger partial charge in [0, 0.05) is 19.0 Å². The summed E-state index contributed by atoms with van der Waals surface area (Å²) < 4.78 is 11.6.